The number of nitrogens with zero attached hydrogens (tertiary/aromatic N) is 2. The Kier molecular flexibility index (Phi) is 9.07. The Morgan fingerprint density at radius 1 is 1.00 bits per heavy atom. The summed E-state index contributed by atoms with van der Waals surface area (Å²) in [5, 5.41) is 8.94. The number of rotatable bonds is 11. The Morgan fingerprint density at radius 3 is 2.33 bits per heavy atom. The number of amides is 1. The van der Waals surface area contributed by atoms with Crippen molar-refractivity contribution in [2.75, 3.05) is 24.7 Å². The first kappa shape index (κ1) is 22.6. The molecule has 0 fully saturated rings. The number of Topliss-reactive ketones (excluding diaryl/α,β-unsaturated/α-hetero) is 1. The van der Waals surface area contributed by atoms with E-state index in [2.05, 4.69) is 0 Å². The predicted octanol–water partition coefficient (Wildman–Crippen LogP) is 3.54. The summed E-state index contributed by atoms with van der Waals surface area (Å²) in [6, 6.07) is 17.3. The molecule has 0 bridgehead atoms. The smallest absolute Gasteiger partial charge is 0.306 e. The lowest BCUT2D eigenvalue weighted by molar-refractivity contribution is -0.147. The standard InChI is InChI=1S/C23H24N2O5/c1-2-16-29-20-10-8-18(9-11-20)21(26)12-13-23(28)30-17-22(27)25(15-14-24)19-6-4-3-5-7-19/h3-11H,2,12-13,15-17H2,1H3. The first-order valence-electron chi connectivity index (χ1n) is 9.69. The fraction of sp³-hybridized carbons (Fsp3) is 0.304. The van der Waals surface area contributed by atoms with Gasteiger partial charge in [-0.15, -0.1) is 0 Å². The molecule has 0 spiro atoms. The van der Waals surface area contributed by atoms with Crippen LogP contribution in [0.4, 0.5) is 5.69 Å². The predicted molar refractivity (Wildman–Crippen MR) is 111 cm³/mol. The van der Waals surface area contributed by atoms with Crippen LogP contribution in [0.1, 0.15) is 36.5 Å². The minimum Gasteiger partial charge on any atom is -0.494 e. The molecule has 1 amide bonds. The third kappa shape index (κ3) is 7.06. The molecule has 2 aromatic rings. The van der Waals surface area contributed by atoms with Gasteiger partial charge in [-0.25, -0.2) is 0 Å². The number of ketones is 1. The minimum atomic E-state index is -0.649. The summed E-state index contributed by atoms with van der Waals surface area (Å²) in [6.45, 7) is 1.96. The fourth-order valence-electron chi connectivity index (χ4n) is 2.61. The molecule has 7 nitrogen and oxygen atoms in total. The lowest BCUT2D eigenvalue weighted by atomic mass is 10.1. The number of ether oxygens (including phenoxy) is 2. The Bertz CT molecular complexity index is 888. The van der Waals surface area contributed by atoms with Crippen LogP contribution in [0.3, 0.4) is 0 Å². The number of anilines is 1. The molecule has 0 saturated heterocycles. The van der Waals surface area contributed by atoms with Crippen LogP contribution in [0.2, 0.25) is 0 Å². The molecule has 7 heteroatoms. The molecule has 0 aliphatic carbocycles. The fourth-order valence-corrected chi connectivity index (χ4v) is 2.61. The van der Waals surface area contributed by atoms with Crippen molar-refractivity contribution in [3.63, 3.8) is 0 Å². The van der Waals surface area contributed by atoms with Crippen molar-refractivity contribution in [2.24, 2.45) is 0 Å². The zero-order valence-corrected chi connectivity index (χ0v) is 16.9. The number of carbonyl (C=O) groups excluding carboxylic acids is 3. The second-order valence-corrected chi connectivity index (χ2v) is 6.43. The van der Waals surface area contributed by atoms with Crippen molar-refractivity contribution < 1.29 is 23.9 Å². The van der Waals surface area contributed by atoms with Gasteiger partial charge in [-0.1, -0.05) is 25.1 Å². The van der Waals surface area contributed by atoms with E-state index in [9.17, 15) is 14.4 Å². The molecule has 156 valence electrons. The molecule has 0 unspecified atom stereocenters. The topological polar surface area (TPSA) is 96.7 Å². The maximum atomic E-state index is 12.3. The number of nitriles is 1. The van der Waals surface area contributed by atoms with Crippen molar-refractivity contribution in [3.8, 4) is 11.8 Å². The van der Waals surface area contributed by atoms with Gasteiger partial charge in [-0.3, -0.25) is 19.3 Å². The number of hydrogen-bond acceptors (Lipinski definition) is 6. The van der Waals surface area contributed by atoms with Gasteiger partial charge in [-0.2, -0.15) is 5.26 Å². The van der Waals surface area contributed by atoms with E-state index < -0.39 is 18.5 Å². The van der Waals surface area contributed by atoms with Crippen LogP contribution in [0.25, 0.3) is 0 Å². The second-order valence-electron chi connectivity index (χ2n) is 6.43. The van der Waals surface area contributed by atoms with Gasteiger partial charge in [0.2, 0.25) is 0 Å². The van der Waals surface area contributed by atoms with Crippen molar-refractivity contribution >= 4 is 23.3 Å². The first-order valence-corrected chi connectivity index (χ1v) is 9.69. The third-order valence-electron chi connectivity index (χ3n) is 4.16. The minimum absolute atomic E-state index is 0.0250. The summed E-state index contributed by atoms with van der Waals surface area (Å²) >= 11 is 0. The summed E-state index contributed by atoms with van der Waals surface area (Å²) in [7, 11) is 0. The van der Waals surface area contributed by atoms with Gasteiger partial charge in [0.25, 0.3) is 5.91 Å². The summed E-state index contributed by atoms with van der Waals surface area (Å²) in [5.74, 6) is -0.669. The van der Waals surface area contributed by atoms with E-state index in [-0.39, 0.29) is 25.2 Å². The molecule has 0 aromatic heterocycles. The van der Waals surface area contributed by atoms with E-state index in [0.717, 1.165) is 6.42 Å². The molecule has 0 aliphatic rings. The third-order valence-corrected chi connectivity index (χ3v) is 4.16. The van der Waals surface area contributed by atoms with E-state index in [1.54, 1.807) is 54.6 Å². The number of benzene rings is 2. The highest BCUT2D eigenvalue weighted by Gasteiger charge is 2.18. The molecular weight excluding hydrogens is 384 g/mol. The number of para-hydroxylation sites is 1. The van der Waals surface area contributed by atoms with Crippen LogP contribution >= 0.6 is 0 Å². The van der Waals surface area contributed by atoms with Crippen LogP contribution in [-0.4, -0.2) is 37.4 Å². The molecule has 30 heavy (non-hydrogen) atoms. The van der Waals surface area contributed by atoms with E-state index in [0.29, 0.717) is 23.6 Å². The largest absolute Gasteiger partial charge is 0.494 e. The maximum Gasteiger partial charge on any atom is 0.306 e. The highest BCUT2D eigenvalue weighted by atomic mass is 16.5. The van der Waals surface area contributed by atoms with E-state index in [1.165, 1.54) is 4.90 Å². The summed E-state index contributed by atoms with van der Waals surface area (Å²) in [4.78, 5) is 37.7. The molecule has 2 aromatic carbocycles. The van der Waals surface area contributed by atoms with Crippen LogP contribution in [0.15, 0.2) is 54.6 Å². The van der Waals surface area contributed by atoms with Gasteiger partial charge in [0.15, 0.2) is 12.4 Å². The van der Waals surface area contributed by atoms with Gasteiger partial charge in [0.05, 0.1) is 19.1 Å². The SMILES string of the molecule is CCCOc1ccc(C(=O)CCC(=O)OCC(=O)N(CC#N)c2ccccc2)cc1. The average Bonchev–Trinajstić information content (AvgIpc) is 2.78. The molecule has 0 radical (unpaired) electrons. The monoisotopic (exact) mass is 408 g/mol. The van der Waals surface area contributed by atoms with E-state index in [4.69, 9.17) is 14.7 Å². The van der Waals surface area contributed by atoms with Crippen LogP contribution in [0.5, 0.6) is 5.75 Å². The zero-order chi connectivity index (χ0) is 21.8. The number of esters is 1. The molecule has 0 atom stereocenters. The lowest BCUT2D eigenvalue weighted by Crippen LogP contribution is -2.35. The van der Waals surface area contributed by atoms with Crippen molar-refractivity contribution in [2.45, 2.75) is 26.2 Å². The number of hydrogen-bond donors (Lipinski definition) is 0. The highest BCUT2D eigenvalue weighted by molar-refractivity contribution is 5.98. The summed E-state index contributed by atoms with van der Waals surface area (Å²) in [6.07, 6.45) is 0.734. The Balaban J connectivity index is 1.80. The normalized spacial score (nSPS) is 10.0. The Hall–Kier alpha value is -3.66. The summed E-state index contributed by atoms with van der Waals surface area (Å²) in [5.41, 5.74) is 1.02. The molecule has 0 saturated carbocycles. The lowest BCUT2D eigenvalue weighted by Gasteiger charge is -2.19. The summed E-state index contributed by atoms with van der Waals surface area (Å²) < 4.78 is 10.5. The van der Waals surface area contributed by atoms with Crippen LogP contribution < -0.4 is 9.64 Å². The van der Waals surface area contributed by atoms with Gasteiger partial charge >= 0.3 is 5.97 Å². The zero-order valence-electron chi connectivity index (χ0n) is 16.9. The van der Waals surface area contributed by atoms with Crippen molar-refractivity contribution in [1.82, 2.24) is 0 Å². The van der Waals surface area contributed by atoms with Crippen LogP contribution in [0, 0.1) is 11.3 Å². The molecular formula is C23H24N2O5. The average molecular weight is 408 g/mol. The van der Waals surface area contributed by atoms with Crippen molar-refractivity contribution in [1.29, 1.82) is 5.26 Å². The molecule has 0 heterocycles. The number of carbonyl (C=O) groups is 3. The van der Waals surface area contributed by atoms with Gasteiger partial charge in [0.1, 0.15) is 12.3 Å². The van der Waals surface area contributed by atoms with Crippen molar-refractivity contribution in [3.05, 3.63) is 60.2 Å². The van der Waals surface area contributed by atoms with Gasteiger partial charge in [-0.05, 0) is 42.8 Å². The quantitative estimate of drug-likeness (QED) is 0.320. The molecule has 2 rings (SSSR count). The van der Waals surface area contributed by atoms with E-state index >= 15 is 0 Å². The van der Waals surface area contributed by atoms with Gasteiger partial charge in [0, 0.05) is 17.7 Å². The highest BCUT2D eigenvalue weighted by Crippen LogP contribution is 2.15. The second kappa shape index (κ2) is 12.0. The van der Waals surface area contributed by atoms with Crippen LogP contribution in [-0.2, 0) is 14.3 Å². The molecule has 0 aliphatic heterocycles. The van der Waals surface area contributed by atoms with E-state index in [1.807, 2.05) is 13.0 Å². The Morgan fingerprint density at radius 2 is 1.70 bits per heavy atom. The first-order chi connectivity index (χ1) is 14.5. The Labute approximate surface area is 175 Å². The molecule has 0 N–H and O–H groups in total. The van der Waals surface area contributed by atoms with Gasteiger partial charge < -0.3 is 9.47 Å². The maximum absolute atomic E-state index is 12.3.